The molecule has 0 unspecified atom stereocenters. The van der Waals surface area contributed by atoms with Gasteiger partial charge in [-0.2, -0.15) is 0 Å². The van der Waals surface area contributed by atoms with Gasteiger partial charge in [-0.3, -0.25) is 9.59 Å². The lowest BCUT2D eigenvalue weighted by molar-refractivity contribution is 0.0697. The molecular formula is C53H41Cl4N3O7. The number of carbonyl (C=O) groups excluding carboxylic acids is 2. The van der Waals surface area contributed by atoms with E-state index in [0.29, 0.717) is 33.0 Å². The molecule has 338 valence electrons. The minimum absolute atomic E-state index is 0.0616. The number of nitrogens with one attached hydrogen (secondary N) is 2. The maximum absolute atomic E-state index is 12.6. The molecule has 0 atom stereocenters. The van der Waals surface area contributed by atoms with Crippen LogP contribution in [0, 0.1) is 13.8 Å². The summed E-state index contributed by atoms with van der Waals surface area (Å²) in [6.07, 6.45) is 0. The number of hydrogen-bond acceptors (Lipinski definition) is 7. The lowest BCUT2D eigenvalue weighted by Gasteiger charge is -2.13. The quantitative estimate of drug-likeness (QED) is 0.0936. The van der Waals surface area contributed by atoms with E-state index in [0.717, 1.165) is 34.1 Å². The highest BCUT2D eigenvalue weighted by Gasteiger charge is 2.20. The van der Waals surface area contributed by atoms with Gasteiger partial charge in [0.1, 0.15) is 34.5 Å². The molecule has 8 rings (SSSR count). The van der Waals surface area contributed by atoms with Gasteiger partial charge < -0.3 is 35.7 Å². The zero-order chi connectivity index (χ0) is 47.9. The summed E-state index contributed by atoms with van der Waals surface area (Å²) in [4.78, 5) is 36.6. The van der Waals surface area contributed by atoms with Crippen molar-refractivity contribution in [3.63, 3.8) is 0 Å². The standard InChI is InChI=1S/C20H13Cl2NO4.C20H15Cl2NO2.C13H13NO/c21-15-7-4-8-16(22)18(15)19(24)23-17-11-13(9-10-14(17)20(25)26)27-12-5-2-1-3-6-12;1-13-10-11-15(25-14-6-3-2-4-7-14)12-18(13)23-20(24)19-16(21)8-5-9-17(19)22;1-10-7-8-12(9-13(10)14)15-11-5-3-2-4-6-11/h1-11H,(H,23,24)(H,25,26);2-12H,1H3,(H,23,24);2-9H,14H2,1H3. The number of nitrogens with two attached hydrogens (primary N) is 1. The van der Waals surface area contributed by atoms with Gasteiger partial charge in [-0.1, -0.05) is 125 Å². The first-order valence-electron chi connectivity index (χ1n) is 20.3. The van der Waals surface area contributed by atoms with Crippen LogP contribution in [0.15, 0.2) is 182 Å². The van der Waals surface area contributed by atoms with E-state index in [4.69, 9.17) is 66.3 Å². The Morgan fingerprint density at radius 1 is 0.433 bits per heavy atom. The Balaban J connectivity index is 0.000000172. The normalized spacial score (nSPS) is 10.2. The van der Waals surface area contributed by atoms with Gasteiger partial charge in [-0.05, 0) is 110 Å². The SMILES string of the molecule is Cc1ccc(Oc2ccccc2)cc1N.Cc1ccc(Oc2ccccc2)cc1NC(=O)c1c(Cl)cccc1Cl.O=C(O)c1ccc(Oc2ccccc2)cc1NC(=O)c1c(Cl)cccc1Cl. The van der Waals surface area contributed by atoms with Crippen LogP contribution in [-0.2, 0) is 0 Å². The molecule has 8 aromatic carbocycles. The third kappa shape index (κ3) is 14.0. The summed E-state index contributed by atoms with van der Waals surface area (Å²) in [5, 5.41) is 15.7. The zero-order valence-electron chi connectivity index (χ0n) is 35.8. The molecular weight excluding hydrogens is 932 g/mol. The Morgan fingerprint density at radius 3 is 1.19 bits per heavy atom. The Bertz CT molecular complexity index is 2950. The first-order valence-corrected chi connectivity index (χ1v) is 21.8. The Hall–Kier alpha value is -7.47. The van der Waals surface area contributed by atoms with Gasteiger partial charge in [-0.15, -0.1) is 0 Å². The van der Waals surface area contributed by atoms with Crippen molar-refractivity contribution in [3.05, 3.63) is 230 Å². The molecule has 5 N–H and O–H groups in total. The molecule has 0 saturated heterocycles. The van der Waals surface area contributed by atoms with Gasteiger partial charge in [0.15, 0.2) is 0 Å². The summed E-state index contributed by atoms with van der Waals surface area (Å²) < 4.78 is 17.1. The molecule has 0 aromatic heterocycles. The minimum atomic E-state index is -1.19. The third-order valence-electron chi connectivity index (χ3n) is 9.49. The van der Waals surface area contributed by atoms with Crippen molar-refractivity contribution in [3.8, 4) is 34.5 Å². The van der Waals surface area contributed by atoms with E-state index in [9.17, 15) is 19.5 Å². The van der Waals surface area contributed by atoms with Crippen LogP contribution < -0.4 is 30.6 Å². The van der Waals surface area contributed by atoms with E-state index in [2.05, 4.69) is 10.6 Å². The van der Waals surface area contributed by atoms with Crippen molar-refractivity contribution in [1.29, 1.82) is 0 Å². The van der Waals surface area contributed by atoms with Gasteiger partial charge in [0.2, 0.25) is 0 Å². The number of carboxylic acids is 1. The number of aromatic carboxylic acids is 1. The fourth-order valence-corrected chi connectivity index (χ4v) is 7.17. The monoisotopic (exact) mass is 971 g/mol. The molecule has 67 heavy (non-hydrogen) atoms. The fraction of sp³-hybridized carbons (Fsp3) is 0.0377. The van der Waals surface area contributed by atoms with E-state index >= 15 is 0 Å². The van der Waals surface area contributed by atoms with Crippen molar-refractivity contribution < 1.29 is 33.7 Å². The summed E-state index contributed by atoms with van der Waals surface area (Å²) in [5.41, 5.74) is 9.43. The molecule has 10 nitrogen and oxygen atoms in total. The highest BCUT2D eigenvalue weighted by atomic mass is 35.5. The number of rotatable bonds is 11. The Kier molecular flexibility index (Phi) is 17.3. The average molecular weight is 974 g/mol. The molecule has 0 aliphatic carbocycles. The number of carboxylic acid groups (broad SMARTS) is 1. The van der Waals surface area contributed by atoms with Gasteiger partial charge in [-0.25, -0.2) is 4.79 Å². The number of ether oxygens (including phenoxy) is 3. The van der Waals surface area contributed by atoms with E-state index in [-0.39, 0.29) is 38.3 Å². The Labute approximate surface area is 407 Å². The second kappa shape index (κ2) is 23.6. The predicted molar refractivity (Wildman–Crippen MR) is 269 cm³/mol. The number of para-hydroxylation sites is 3. The largest absolute Gasteiger partial charge is 0.478 e. The zero-order valence-corrected chi connectivity index (χ0v) is 38.8. The third-order valence-corrected chi connectivity index (χ3v) is 10.8. The number of amides is 2. The molecule has 0 fully saturated rings. The lowest BCUT2D eigenvalue weighted by atomic mass is 10.1. The van der Waals surface area contributed by atoms with Gasteiger partial charge in [0.05, 0.1) is 42.5 Å². The first-order chi connectivity index (χ1) is 32.2. The predicted octanol–water partition coefficient (Wildman–Crippen LogP) is 15.5. The highest BCUT2D eigenvalue weighted by molar-refractivity contribution is 6.41. The maximum atomic E-state index is 12.6. The number of aryl methyl sites for hydroxylation is 2. The summed E-state index contributed by atoms with van der Waals surface area (Å²) in [7, 11) is 0. The highest BCUT2D eigenvalue weighted by Crippen LogP contribution is 2.32. The molecule has 0 aliphatic rings. The van der Waals surface area contributed by atoms with Crippen LogP contribution in [0.2, 0.25) is 20.1 Å². The number of nitrogen functional groups attached to an aromatic ring is 1. The van der Waals surface area contributed by atoms with E-state index in [1.54, 1.807) is 42.5 Å². The minimum Gasteiger partial charge on any atom is -0.478 e. The van der Waals surface area contributed by atoms with Crippen LogP contribution in [-0.4, -0.2) is 22.9 Å². The number of hydrogen-bond donors (Lipinski definition) is 4. The molecule has 14 heteroatoms. The number of anilines is 3. The van der Waals surface area contributed by atoms with E-state index in [1.807, 2.05) is 123 Å². The molecule has 0 radical (unpaired) electrons. The van der Waals surface area contributed by atoms with Crippen LogP contribution in [0.3, 0.4) is 0 Å². The van der Waals surface area contributed by atoms with E-state index in [1.165, 1.54) is 30.3 Å². The summed E-state index contributed by atoms with van der Waals surface area (Å²) in [6, 6.07) is 53.2. The van der Waals surface area contributed by atoms with Crippen molar-refractivity contribution in [2.75, 3.05) is 16.4 Å². The molecule has 0 aliphatic heterocycles. The molecule has 2 amide bonds. The second-order valence-corrected chi connectivity index (χ2v) is 16.0. The number of halogens is 4. The summed E-state index contributed by atoms with van der Waals surface area (Å²) in [6.45, 7) is 3.87. The van der Waals surface area contributed by atoms with E-state index < -0.39 is 11.9 Å². The molecule has 0 heterocycles. The number of benzene rings is 8. The maximum Gasteiger partial charge on any atom is 0.337 e. The van der Waals surface area contributed by atoms with Crippen LogP contribution in [0.5, 0.6) is 34.5 Å². The Morgan fingerprint density at radius 2 is 0.791 bits per heavy atom. The van der Waals surface area contributed by atoms with Crippen LogP contribution in [0.4, 0.5) is 17.1 Å². The van der Waals surface area contributed by atoms with Crippen LogP contribution in [0.25, 0.3) is 0 Å². The van der Waals surface area contributed by atoms with Gasteiger partial charge >= 0.3 is 5.97 Å². The van der Waals surface area contributed by atoms with Crippen LogP contribution >= 0.6 is 46.4 Å². The summed E-state index contributed by atoms with van der Waals surface area (Å²) >= 11 is 24.3. The van der Waals surface area contributed by atoms with Gasteiger partial charge in [0.25, 0.3) is 11.8 Å². The second-order valence-electron chi connectivity index (χ2n) is 14.4. The molecule has 0 spiro atoms. The van der Waals surface area contributed by atoms with Crippen molar-refractivity contribution in [2.24, 2.45) is 0 Å². The number of carbonyl (C=O) groups is 3. The van der Waals surface area contributed by atoms with Gasteiger partial charge in [0, 0.05) is 29.6 Å². The molecule has 0 saturated carbocycles. The van der Waals surface area contributed by atoms with Crippen molar-refractivity contribution in [1.82, 2.24) is 0 Å². The van der Waals surface area contributed by atoms with Crippen LogP contribution in [0.1, 0.15) is 42.2 Å². The average Bonchev–Trinajstić information content (AvgIpc) is 3.30. The smallest absolute Gasteiger partial charge is 0.337 e. The molecule has 0 bridgehead atoms. The van der Waals surface area contributed by atoms with Crippen molar-refractivity contribution in [2.45, 2.75) is 13.8 Å². The fourth-order valence-electron chi connectivity index (χ4n) is 6.03. The summed E-state index contributed by atoms with van der Waals surface area (Å²) in [5.74, 6) is 1.70. The molecule has 8 aromatic rings. The topological polar surface area (TPSA) is 149 Å². The lowest BCUT2D eigenvalue weighted by Crippen LogP contribution is -2.16. The first kappa shape index (κ1) is 49.0. The van der Waals surface area contributed by atoms with Crippen molar-refractivity contribution >= 4 is 81.2 Å².